The van der Waals surface area contributed by atoms with Crippen LogP contribution in [0.25, 0.3) is 0 Å². The van der Waals surface area contributed by atoms with Gasteiger partial charge in [0.15, 0.2) is 0 Å². The van der Waals surface area contributed by atoms with Crippen LogP contribution >= 0.6 is 0 Å². The minimum Gasteiger partial charge on any atom is -0.361 e. The summed E-state index contributed by atoms with van der Waals surface area (Å²) in [7, 11) is 1.88. The van der Waals surface area contributed by atoms with Gasteiger partial charge in [-0.1, -0.05) is 24.2 Å². The van der Waals surface area contributed by atoms with Gasteiger partial charge in [0.2, 0.25) is 0 Å². The third kappa shape index (κ3) is 5.44. The molecule has 1 aliphatic rings. The quantitative estimate of drug-likeness (QED) is 0.800. The smallest absolute Gasteiger partial charge is 0.136 e. The summed E-state index contributed by atoms with van der Waals surface area (Å²) in [6, 6.07) is 0.741. The molecule has 136 valence electrons. The zero-order valence-corrected chi connectivity index (χ0v) is 16.6. The van der Waals surface area contributed by atoms with Crippen molar-refractivity contribution in [1.82, 2.24) is 25.5 Å². The van der Waals surface area contributed by atoms with Crippen molar-refractivity contribution in [2.24, 2.45) is 18.9 Å². The number of rotatable bonds is 0. The summed E-state index contributed by atoms with van der Waals surface area (Å²) in [6.07, 6.45) is 0. The summed E-state index contributed by atoms with van der Waals surface area (Å²) >= 11 is 0. The molecule has 2 aromatic rings. The Morgan fingerprint density at radius 2 is 1.67 bits per heavy atom. The summed E-state index contributed by atoms with van der Waals surface area (Å²) < 4.78 is 6.60. The van der Waals surface area contributed by atoms with Crippen molar-refractivity contribution in [2.75, 3.05) is 6.54 Å². The van der Waals surface area contributed by atoms with E-state index in [9.17, 15) is 0 Å². The zero-order valence-electron chi connectivity index (χ0n) is 16.6. The van der Waals surface area contributed by atoms with E-state index in [2.05, 4.69) is 41.6 Å². The third-order valence-corrected chi connectivity index (χ3v) is 5.18. The first-order valence-corrected chi connectivity index (χ1v) is 8.60. The molecule has 3 rings (SSSR count). The lowest BCUT2D eigenvalue weighted by molar-refractivity contribution is 0.392. The van der Waals surface area contributed by atoms with Gasteiger partial charge in [-0.15, -0.1) is 5.10 Å². The molecule has 1 aliphatic heterocycles. The highest BCUT2D eigenvalue weighted by molar-refractivity contribution is 5.17. The van der Waals surface area contributed by atoms with E-state index in [4.69, 9.17) is 4.52 Å². The molecule has 1 fully saturated rings. The number of nitrogens with zero attached hydrogens (tertiary/aromatic N) is 4. The van der Waals surface area contributed by atoms with Crippen LogP contribution in [0.3, 0.4) is 0 Å². The van der Waals surface area contributed by atoms with Crippen molar-refractivity contribution in [3.05, 3.63) is 28.4 Å². The molecule has 3 atom stereocenters. The molecule has 0 unspecified atom stereocenters. The van der Waals surface area contributed by atoms with Gasteiger partial charge >= 0.3 is 0 Å². The number of aryl methyl sites for hydroxylation is 4. The van der Waals surface area contributed by atoms with Crippen molar-refractivity contribution >= 4 is 0 Å². The van der Waals surface area contributed by atoms with Crippen LogP contribution in [0, 0.1) is 46.5 Å². The molecule has 0 radical (unpaired) electrons. The van der Waals surface area contributed by atoms with Crippen LogP contribution in [0.5, 0.6) is 0 Å². The molecule has 6 heteroatoms. The maximum absolute atomic E-state index is 4.84. The van der Waals surface area contributed by atoms with Gasteiger partial charge in [-0.25, -0.2) is 0 Å². The second-order valence-corrected chi connectivity index (χ2v) is 6.87. The highest BCUT2D eigenvalue weighted by Crippen LogP contribution is 2.19. The molecule has 24 heavy (non-hydrogen) atoms. The molecule has 0 spiro atoms. The summed E-state index contributed by atoms with van der Waals surface area (Å²) in [5.74, 6) is 2.67. The Bertz CT molecular complexity index is 538. The maximum Gasteiger partial charge on any atom is 0.136 e. The van der Waals surface area contributed by atoms with Crippen molar-refractivity contribution < 1.29 is 4.52 Å². The Balaban J connectivity index is 0.000000180. The fraction of sp³-hybridized carbons (Fsp3) is 0.722. The SMILES string of the molecule is C[C@@H]1[C@H](C)CN[C@@H]1C.Cc1nnn(C)c1C.Cc1noc(C)c1C. The number of hydrogen-bond donors (Lipinski definition) is 1. The summed E-state index contributed by atoms with van der Waals surface area (Å²) in [4.78, 5) is 0. The second-order valence-electron chi connectivity index (χ2n) is 6.87. The Morgan fingerprint density at radius 1 is 1.04 bits per heavy atom. The van der Waals surface area contributed by atoms with E-state index in [0.29, 0.717) is 0 Å². The lowest BCUT2D eigenvalue weighted by Gasteiger charge is -2.10. The first kappa shape index (κ1) is 20.4. The van der Waals surface area contributed by atoms with Crippen LogP contribution in [-0.2, 0) is 7.05 Å². The molecular formula is C18H33N5O. The van der Waals surface area contributed by atoms with Gasteiger partial charge in [0.25, 0.3) is 0 Å². The molecule has 0 bridgehead atoms. The first-order valence-electron chi connectivity index (χ1n) is 8.60. The van der Waals surface area contributed by atoms with Gasteiger partial charge in [0, 0.05) is 18.7 Å². The largest absolute Gasteiger partial charge is 0.361 e. The fourth-order valence-electron chi connectivity index (χ4n) is 2.27. The molecule has 3 heterocycles. The summed E-state index contributed by atoms with van der Waals surface area (Å²) in [5, 5.41) is 14.8. The van der Waals surface area contributed by atoms with E-state index in [1.807, 2.05) is 41.7 Å². The topological polar surface area (TPSA) is 68.8 Å². The van der Waals surface area contributed by atoms with Gasteiger partial charge in [0.1, 0.15) is 5.76 Å². The van der Waals surface area contributed by atoms with Crippen LogP contribution in [0.4, 0.5) is 0 Å². The van der Waals surface area contributed by atoms with Crippen molar-refractivity contribution in [1.29, 1.82) is 0 Å². The monoisotopic (exact) mass is 335 g/mol. The Labute approximate surface area is 146 Å². The van der Waals surface area contributed by atoms with E-state index in [1.54, 1.807) is 4.68 Å². The van der Waals surface area contributed by atoms with Gasteiger partial charge in [-0.2, -0.15) is 0 Å². The molecule has 0 amide bonds. The van der Waals surface area contributed by atoms with Crippen LogP contribution < -0.4 is 5.32 Å². The molecule has 1 saturated heterocycles. The Kier molecular flexibility index (Phi) is 7.60. The molecule has 0 aliphatic carbocycles. The highest BCUT2D eigenvalue weighted by Gasteiger charge is 2.24. The Morgan fingerprint density at radius 3 is 1.79 bits per heavy atom. The van der Waals surface area contributed by atoms with Crippen LogP contribution in [0.1, 0.15) is 49.2 Å². The molecule has 1 N–H and O–H groups in total. The van der Waals surface area contributed by atoms with Gasteiger partial charge in [0.05, 0.1) is 17.1 Å². The van der Waals surface area contributed by atoms with E-state index < -0.39 is 0 Å². The fourth-order valence-corrected chi connectivity index (χ4v) is 2.27. The highest BCUT2D eigenvalue weighted by atomic mass is 16.5. The first-order chi connectivity index (χ1) is 11.1. The van der Waals surface area contributed by atoms with E-state index >= 15 is 0 Å². The molecule has 2 aromatic heterocycles. The van der Waals surface area contributed by atoms with Gasteiger partial charge in [-0.05, 0) is 59.9 Å². The maximum atomic E-state index is 4.84. The number of hydrogen-bond acceptors (Lipinski definition) is 5. The minimum absolute atomic E-state index is 0.741. The van der Waals surface area contributed by atoms with E-state index in [1.165, 1.54) is 6.54 Å². The van der Waals surface area contributed by atoms with Gasteiger partial charge in [-0.3, -0.25) is 4.68 Å². The number of aromatic nitrogens is 4. The van der Waals surface area contributed by atoms with Crippen LogP contribution in [-0.4, -0.2) is 32.7 Å². The van der Waals surface area contributed by atoms with Gasteiger partial charge < -0.3 is 9.84 Å². The number of nitrogens with one attached hydrogen (secondary N) is 1. The van der Waals surface area contributed by atoms with E-state index in [-0.39, 0.29) is 0 Å². The third-order valence-electron chi connectivity index (χ3n) is 5.18. The summed E-state index contributed by atoms with van der Waals surface area (Å²) in [6.45, 7) is 17.9. The minimum atomic E-state index is 0.741. The standard InChI is InChI=1S/C7H15N.C6H9NO.C5H9N3/c1-5-4-8-7(3)6(5)2;1-4-5(2)7-8-6(4)3;1-4-5(2)8(3)7-6-4/h5-8H,4H2,1-3H3;2*1-3H3/t5-,6-,7-;;/m1../s1. The van der Waals surface area contributed by atoms with Crippen molar-refractivity contribution in [3.8, 4) is 0 Å². The van der Waals surface area contributed by atoms with Crippen molar-refractivity contribution in [3.63, 3.8) is 0 Å². The average molecular weight is 335 g/mol. The van der Waals surface area contributed by atoms with Crippen molar-refractivity contribution in [2.45, 2.75) is 61.4 Å². The zero-order chi connectivity index (χ0) is 18.4. The van der Waals surface area contributed by atoms with Crippen LogP contribution in [0.2, 0.25) is 0 Å². The molecule has 6 nitrogen and oxygen atoms in total. The molecular weight excluding hydrogens is 302 g/mol. The van der Waals surface area contributed by atoms with E-state index in [0.717, 1.165) is 46.3 Å². The lowest BCUT2D eigenvalue weighted by atomic mass is 9.95. The normalized spacial score (nSPS) is 22.5. The molecule has 0 aromatic carbocycles. The van der Waals surface area contributed by atoms with Crippen LogP contribution in [0.15, 0.2) is 4.52 Å². The predicted molar refractivity (Wildman–Crippen MR) is 97.0 cm³/mol. The Hall–Kier alpha value is -1.69. The lowest BCUT2D eigenvalue weighted by Crippen LogP contribution is -2.20. The second kappa shape index (κ2) is 8.97. The summed E-state index contributed by atoms with van der Waals surface area (Å²) in [5.41, 5.74) is 4.28. The average Bonchev–Trinajstić information content (AvgIpc) is 3.13. The predicted octanol–water partition coefficient (Wildman–Crippen LogP) is 3.28. The molecule has 0 saturated carbocycles.